The average molecular weight is 274 g/mol. The lowest BCUT2D eigenvalue weighted by molar-refractivity contribution is -0.133. The molecule has 1 aliphatic rings. The minimum atomic E-state index is -0.764. The van der Waals surface area contributed by atoms with E-state index < -0.39 is 5.97 Å². The van der Waals surface area contributed by atoms with Crippen LogP contribution < -0.4 is 0 Å². The van der Waals surface area contributed by atoms with Crippen LogP contribution in [0.3, 0.4) is 0 Å². The van der Waals surface area contributed by atoms with E-state index in [0.717, 1.165) is 6.42 Å². The summed E-state index contributed by atoms with van der Waals surface area (Å²) in [6.45, 7) is 2.19. The number of hydrogen-bond donors (Lipinski definition) is 1. The summed E-state index contributed by atoms with van der Waals surface area (Å²) in [5, 5.41) is 9.01. The predicted octanol–water partition coefficient (Wildman–Crippen LogP) is 4.07. The first-order valence-electron chi connectivity index (χ1n) is 6.43. The Morgan fingerprint density at radius 2 is 2.16 bits per heavy atom. The molecular formula is C16H18O2S. The Balaban J connectivity index is 2.24. The average Bonchev–Trinajstić information content (AvgIpc) is 2.40. The van der Waals surface area contributed by atoms with Crippen molar-refractivity contribution in [2.24, 2.45) is 5.92 Å². The van der Waals surface area contributed by atoms with Gasteiger partial charge in [0.05, 0.1) is 11.0 Å². The van der Waals surface area contributed by atoms with Crippen molar-refractivity contribution in [2.45, 2.75) is 18.6 Å². The molecule has 0 bridgehead atoms. The Bertz CT molecular complexity index is 491. The first-order chi connectivity index (χ1) is 9.16. The van der Waals surface area contributed by atoms with Crippen LogP contribution in [0.4, 0.5) is 0 Å². The highest BCUT2D eigenvalue weighted by atomic mass is 32.2. The van der Waals surface area contributed by atoms with Crippen molar-refractivity contribution in [3.63, 3.8) is 0 Å². The molecule has 1 unspecified atom stereocenters. The van der Waals surface area contributed by atoms with Crippen LogP contribution >= 0.6 is 11.8 Å². The van der Waals surface area contributed by atoms with Crippen molar-refractivity contribution >= 4 is 17.7 Å². The van der Waals surface area contributed by atoms with E-state index in [2.05, 4.69) is 37.3 Å². The van der Waals surface area contributed by atoms with Crippen LogP contribution in [0.5, 0.6) is 0 Å². The molecule has 19 heavy (non-hydrogen) atoms. The van der Waals surface area contributed by atoms with Gasteiger partial charge < -0.3 is 5.11 Å². The zero-order chi connectivity index (χ0) is 13.7. The molecule has 0 radical (unpaired) electrons. The molecule has 2 rings (SSSR count). The van der Waals surface area contributed by atoms with Crippen LogP contribution in [0, 0.1) is 5.92 Å². The van der Waals surface area contributed by atoms with Crippen molar-refractivity contribution < 1.29 is 9.90 Å². The molecule has 100 valence electrons. The number of hydrogen-bond acceptors (Lipinski definition) is 2. The fraction of sp³-hybridized carbons (Fsp3) is 0.312. The molecule has 0 saturated carbocycles. The molecule has 0 aliphatic heterocycles. The van der Waals surface area contributed by atoms with Gasteiger partial charge >= 0.3 is 5.97 Å². The summed E-state index contributed by atoms with van der Waals surface area (Å²) in [7, 11) is 0. The van der Waals surface area contributed by atoms with Gasteiger partial charge in [-0.15, -0.1) is 11.8 Å². The van der Waals surface area contributed by atoms with Gasteiger partial charge in [-0.25, -0.2) is 0 Å². The van der Waals surface area contributed by atoms with Crippen molar-refractivity contribution in [3.8, 4) is 0 Å². The largest absolute Gasteiger partial charge is 0.481 e. The van der Waals surface area contributed by atoms with Gasteiger partial charge in [0, 0.05) is 0 Å². The Kier molecular flexibility index (Phi) is 4.86. The summed E-state index contributed by atoms with van der Waals surface area (Å²) in [5.41, 5.74) is 2.38. The lowest BCUT2D eigenvalue weighted by Gasteiger charge is -2.21. The zero-order valence-electron chi connectivity index (χ0n) is 11.0. The topological polar surface area (TPSA) is 37.3 Å². The minimum absolute atomic E-state index is 0.108. The molecule has 1 N–H and O–H groups in total. The maximum absolute atomic E-state index is 10.8. The maximum atomic E-state index is 10.8. The summed E-state index contributed by atoms with van der Waals surface area (Å²) < 4.78 is 0. The predicted molar refractivity (Wildman–Crippen MR) is 80.3 cm³/mol. The lowest BCUT2D eigenvalue weighted by Crippen LogP contribution is -2.07. The van der Waals surface area contributed by atoms with Gasteiger partial charge in [0.1, 0.15) is 0 Å². The third-order valence-electron chi connectivity index (χ3n) is 3.07. The number of aliphatic carboxylic acids is 1. The smallest absolute Gasteiger partial charge is 0.313 e. The van der Waals surface area contributed by atoms with Gasteiger partial charge in [0.15, 0.2) is 0 Å². The number of rotatable bonds is 5. The van der Waals surface area contributed by atoms with Gasteiger partial charge in [-0.2, -0.15) is 0 Å². The Morgan fingerprint density at radius 3 is 2.79 bits per heavy atom. The molecule has 2 atom stereocenters. The molecular weight excluding hydrogens is 256 g/mol. The highest BCUT2D eigenvalue weighted by Crippen LogP contribution is 2.38. The second kappa shape index (κ2) is 6.62. The fourth-order valence-electron chi connectivity index (χ4n) is 2.21. The van der Waals surface area contributed by atoms with Crippen LogP contribution in [-0.4, -0.2) is 16.8 Å². The van der Waals surface area contributed by atoms with Crippen LogP contribution in [-0.2, 0) is 4.79 Å². The molecule has 0 fully saturated rings. The number of allylic oxidation sites excluding steroid dienone is 3. The van der Waals surface area contributed by atoms with E-state index in [1.54, 1.807) is 0 Å². The van der Waals surface area contributed by atoms with Crippen LogP contribution in [0.15, 0.2) is 54.1 Å². The second-order valence-electron chi connectivity index (χ2n) is 4.78. The number of carboxylic acid groups (broad SMARTS) is 1. The van der Waals surface area contributed by atoms with Crippen molar-refractivity contribution in [1.82, 2.24) is 0 Å². The van der Waals surface area contributed by atoms with Gasteiger partial charge in [0.2, 0.25) is 0 Å². The molecule has 0 saturated heterocycles. The first-order valence-corrected chi connectivity index (χ1v) is 7.48. The molecule has 2 nitrogen and oxygen atoms in total. The van der Waals surface area contributed by atoms with Crippen LogP contribution in [0.2, 0.25) is 0 Å². The van der Waals surface area contributed by atoms with E-state index in [9.17, 15) is 4.79 Å². The summed E-state index contributed by atoms with van der Waals surface area (Å²) in [6, 6.07) is 10.1. The Labute approximate surface area is 118 Å². The first kappa shape index (κ1) is 13.9. The van der Waals surface area contributed by atoms with Crippen molar-refractivity contribution in [3.05, 3.63) is 59.7 Å². The number of carboxylic acids is 1. The van der Waals surface area contributed by atoms with Crippen LogP contribution in [0.1, 0.15) is 24.2 Å². The van der Waals surface area contributed by atoms with E-state index in [-0.39, 0.29) is 11.0 Å². The van der Waals surface area contributed by atoms with E-state index in [1.807, 2.05) is 18.2 Å². The maximum Gasteiger partial charge on any atom is 0.313 e. The lowest BCUT2D eigenvalue weighted by atomic mass is 9.93. The van der Waals surface area contributed by atoms with E-state index >= 15 is 0 Å². The number of carbonyl (C=O) groups is 1. The molecule has 0 spiro atoms. The highest BCUT2D eigenvalue weighted by Gasteiger charge is 2.19. The molecule has 0 aromatic heterocycles. The fourth-order valence-corrected chi connectivity index (χ4v) is 3.22. The minimum Gasteiger partial charge on any atom is -0.481 e. The third kappa shape index (κ3) is 4.00. The van der Waals surface area contributed by atoms with Gasteiger partial charge in [-0.3, -0.25) is 4.79 Å². The van der Waals surface area contributed by atoms with Crippen molar-refractivity contribution in [1.29, 1.82) is 0 Å². The van der Waals surface area contributed by atoms with Crippen molar-refractivity contribution in [2.75, 3.05) is 5.75 Å². The zero-order valence-corrected chi connectivity index (χ0v) is 11.8. The Hall–Kier alpha value is -1.48. The molecule has 1 aliphatic carbocycles. The number of benzene rings is 1. The molecule has 3 heteroatoms. The quantitative estimate of drug-likeness (QED) is 0.879. The summed E-state index contributed by atoms with van der Waals surface area (Å²) in [4.78, 5) is 10.8. The molecule has 1 aromatic rings. The molecule has 0 heterocycles. The summed E-state index contributed by atoms with van der Waals surface area (Å²) in [6.07, 6.45) is 7.63. The van der Waals surface area contributed by atoms with E-state index in [1.165, 1.54) is 22.9 Å². The monoisotopic (exact) mass is 274 g/mol. The van der Waals surface area contributed by atoms with Gasteiger partial charge in [-0.05, 0) is 23.5 Å². The third-order valence-corrected chi connectivity index (χ3v) is 4.36. The number of thioether (sulfide) groups is 1. The Morgan fingerprint density at radius 1 is 1.42 bits per heavy atom. The standard InChI is InChI=1S/C16H18O2S/c1-12-6-5-9-14(10-12)16(19-11-15(17)18)13-7-3-2-4-8-13/h2-5,7-10,12,16H,6,11H2,1H3,(H,17,18)/t12-,16?/m1/s1. The van der Waals surface area contributed by atoms with Gasteiger partial charge in [0.25, 0.3) is 0 Å². The SMILES string of the molecule is C[C@H]1C=C(C(SCC(=O)O)c2ccccc2)C=CC1. The second-order valence-corrected chi connectivity index (χ2v) is 5.87. The van der Waals surface area contributed by atoms with E-state index in [0.29, 0.717) is 5.92 Å². The van der Waals surface area contributed by atoms with Gasteiger partial charge in [-0.1, -0.05) is 55.5 Å². The molecule has 1 aromatic carbocycles. The molecule has 0 amide bonds. The summed E-state index contributed by atoms with van der Waals surface area (Å²) >= 11 is 1.47. The summed E-state index contributed by atoms with van der Waals surface area (Å²) in [5.74, 6) is -0.116. The van der Waals surface area contributed by atoms with Crippen LogP contribution in [0.25, 0.3) is 0 Å². The highest BCUT2D eigenvalue weighted by molar-refractivity contribution is 8.00. The van der Waals surface area contributed by atoms with E-state index in [4.69, 9.17) is 5.11 Å². The normalized spacial score (nSPS) is 19.8.